The molecule has 38 heavy (non-hydrogen) atoms. The van der Waals surface area contributed by atoms with Gasteiger partial charge in [-0.15, -0.1) is 0 Å². The lowest BCUT2D eigenvalue weighted by Crippen LogP contribution is -2.58. The number of rotatable bonds is 8. The van der Waals surface area contributed by atoms with E-state index in [-0.39, 0.29) is 25.4 Å². The summed E-state index contributed by atoms with van der Waals surface area (Å²) in [6.07, 6.45) is 6.63. The molecule has 0 saturated carbocycles. The number of nitrogens with one attached hydrogen (secondary N) is 1. The zero-order chi connectivity index (χ0) is 26.7. The van der Waals surface area contributed by atoms with E-state index in [4.69, 9.17) is 9.47 Å². The minimum Gasteiger partial charge on any atom is -0.486 e. The molecule has 5 rings (SSSR count). The first-order valence-electron chi connectivity index (χ1n) is 12.2. The number of carbonyl (C=O) groups is 1. The van der Waals surface area contributed by atoms with Crippen LogP contribution in [0.3, 0.4) is 0 Å². The highest BCUT2D eigenvalue weighted by atomic mass is 32.2. The molecule has 0 aliphatic carbocycles. The third-order valence-corrected chi connectivity index (χ3v) is 8.39. The highest BCUT2D eigenvalue weighted by Gasteiger charge is 2.38. The average molecular weight is 543 g/mol. The molecule has 13 nitrogen and oxygen atoms in total. The third-order valence-electron chi connectivity index (χ3n) is 6.39. The number of benzene rings is 1. The van der Waals surface area contributed by atoms with Crippen molar-refractivity contribution in [1.29, 1.82) is 0 Å². The van der Waals surface area contributed by atoms with Gasteiger partial charge in [-0.3, -0.25) is 9.36 Å². The normalized spacial score (nSPS) is 18.0. The van der Waals surface area contributed by atoms with Crippen LogP contribution in [0.2, 0.25) is 0 Å². The maximum absolute atomic E-state index is 13.1. The van der Waals surface area contributed by atoms with Gasteiger partial charge in [-0.2, -0.15) is 22.0 Å². The highest BCUT2D eigenvalue weighted by Crippen LogP contribution is 2.30. The Balaban J connectivity index is 1.30. The van der Waals surface area contributed by atoms with Crippen molar-refractivity contribution in [3.8, 4) is 17.4 Å². The standard InChI is InChI=1S/C24H30N8O5S/c1-29(2)38(34,35)32-10-9-30(22-5-6-26-24(28-22)31-8-7-25-17-31)16-19(32)14-23(33)27-15-18-3-4-20-21(13-18)37-12-11-36-20/h3-8,13,17,19H,9-12,14-16H2,1-2H3,(H,27,33). The molecule has 14 heteroatoms. The summed E-state index contributed by atoms with van der Waals surface area (Å²) >= 11 is 0. The maximum Gasteiger partial charge on any atom is 0.281 e. The fraction of sp³-hybridized carbons (Fsp3) is 0.417. The van der Waals surface area contributed by atoms with Crippen LogP contribution in [0.1, 0.15) is 12.0 Å². The SMILES string of the molecule is CN(C)S(=O)(=O)N1CCN(c2ccnc(-n3ccnc3)n2)CC1CC(=O)NCc1ccc2c(c1)OCCO2. The third kappa shape index (κ3) is 5.56. The zero-order valence-electron chi connectivity index (χ0n) is 21.2. The Morgan fingerprint density at radius 1 is 1.13 bits per heavy atom. The van der Waals surface area contributed by atoms with Crippen LogP contribution < -0.4 is 19.7 Å². The predicted molar refractivity (Wildman–Crippen MR) is 138 cm³/mol. The van der Waals surface area contributed by atoms with Crippen molar-refractivity contribution in [3.63, 3.8) is 0 Å². The second kappa shape index (κ2) is 10.9. The first-order chi connectivity index (χ1) is 18.3. The maximum atomic E-state index is 13.1. The van der Waals surface area contributed by atoms with Crippen LogP contribution in [-0.2, 0) is 21.5 Å². The Morgan fingerprint density at radius 3 is 2.71 bits per heavy atom. The molecule has 4 heterocycles. The molecule has 1 unspecified atom stereocenters. The first kappa shape index (κ1) is 25.9. The topological polar surface area (TPSA) is 135 Å². The smallest absolute Gasteiger partial charge is 0.281 e. The van der Waals surface area contributed by atoms with E-state index >= 15 is 0 Å². The van der Waals surface area contributed by atoms with Crippen molar-refractivity contribution in [3.05, 3.63) is 54.7 Å². The zero-order valence-corrected chi connectivity index (χ0v) is 22.0. The monoisotopic (exact) mass is 542 g/mol. The van der Waals surface area contributed by atoms with E-state index in [9.17, 15) is 13.2 Å². The van der Waals surface area contributed by atoms with Gasteiger partial charge in [0.15, 0.2) is 11.5 Å². The Kier molecular flexibility index (Phi) is 7.44. The number of amides is 1. The fourth-order valence-corrected chi connectivity index (χ4v) is 5.68. The van der Waals surface area contributed by atoms with Crippen LogP contribution in [0, 0.1) is 0 Å². The lowest BCUT2D eigenvalue weighted by atomic mass is 10.1. The van der Waals surface area contributed by atoms with Gasteiger partial charge in [-0.1, -0.05) is 6.07 Å². The van der Waals surface area contributed by atoms with Gasteiger partial charge < -0.3 is 19.7 Å². The summed E-state index contributed by atoms with van der Waals surface area (Å²) in [4.78, 5) is 27.9. The van der Waals surface area contributed by atoms with E-state index in [0.717, 1.165) is 5.56 Å². The number of carbonyl (C=O) groups excluding carboxylic acids is 1. The van der Waals surface area contributed by atoms with Gasteiger partial charge in [-0.05, 0) is 23.8 Å². The summed E-state index contributed by atoms with van der Waals surface area (Å²) in [6.45, 7) is 2.20. The summed E-state index contributed by atoms with van der Waals surface area (Å²) < 4.78 is 41.6. The van der Waals surface area contributed by atoms with E-state index in [0.29, 0.717) is 49.6 Å². The quantitative estimate of drug-likeness (QED) is 0.430. The molecule has 2 aliphatic rings. The molecule has 0 radical (unpaired) electrons. The van der Waals surface area contributed by atoms with Crippen molar-refractivity contribution >= 4 is 21.9 Å². The predicted octanol–water partition coefficient (Wildman–Crippen LogP) is 0.437. The Bertz CT molecular complexity index is 1380. The Labute approximate surface area is 221 Å². The van der Waals surface area contributed by atoms with Gasteiger partial charge in [-0.25, -0.2) is 9.97 Å². The molecule has 3 aromatic rings. The number of hydrogen-bond donors (Lipinski definition) is 1. The van der Waals surface area contributed by atoms with Gasteiger partial charge in [0, 0.05) is 65.3 Å². The van der Waals surface area contributed by atoms with Crippen molar-refractivity contribution in [2.24, 2.45) is 0 Å². The largest absolute Gasteiger partial charge is 0.486 e. The van der Waals surface area contributed by atoms with Gasteiger partial charge in [0.05, 0.1) is 6.04 Å². The minimum absolute atomic E-state index is 0.00637. The summed E-state index contributed by atoms with van der Waals surface area (Å²) in [5, 5.41) is 2.91. The summed E-state index contributed by atoms with van der Waals surface area (Å²) in [5.41, 5.74) is 0.860. The Hall–Kier alpha value is -3.75. The number of fused-ring (bicyclic) bond motifs is 1. The highest BCUT2D eigenvalue weighted by molar-refractivity contribution is 7.86. The van der Waals surface area contributed by atoms with E-state index in [1.807, 2.05) is 23.1 Å². The second-order valence-corrected chi connectivity index (χ2v) is 11.2. The van der Waals surface area contributed by atoms with Crippen molar-refractivity contribution < 1.29 is 22.7 Å². The number of anilines is 1. The molecule has 1 aromatic carbocycles. The lowest BCUT2D eigenvalue weighted by Gasteiger charge is -2.41. The van der Waals surface area contributed by atoms with Crippen LogP contribution in [0.4, 0.5) is 5.82 Å². The lowest BCUT2D eigenvalue weighted by molar-refractivity contribution is -0.122. The first-order valence-corrected chi connectivity index (χ1v) is 13.6. The molecule has 2 aliphatic heterocycles. The van der Waals surface area contributed by atoms with E-state index < -0.39 is 16.3 Å². The van der Waals surface area contributed by atoms with Gasteiger partial charge in [0.1, 0.15) is 25.4 Å². The number of hydrogen-bond acceptors (Lipinski definition) is 9. The second-order valence-electron chi connectivity index (χ2n) is 9.14. The Morgan fingerprint density at radius 2 is 1.95 bits per heavy atom. The van der Waals surface area contributed by atoms with Gasteiger partial charge in [0.25, 0.3) is 10.2 Å². The number of imidazole rings is 1. The van der Waals surface area contributed by atoms with Crippen LogP contribution >= 0.6 is 0 Å². The molecule has 1 fully saturated rings. The number of aromatic nitrogens is 4. The van der Waals surface area contributed by atoms with Crippen molar-refractivity contribution in [2.75, 3.05) is 51.8 Å². The van der Waals surface area contributed by atoms with Crippen molar-refractivity contribution in [1.82, 2.24) is 33.4 Å². The summed E-state index contributed by atoms with van der Waals surface area (Å²) in [5.74, 6) is 2.17. The number of nitrogens with zero attached hydrogens (tertiary/aromatic N) is 7. The summed E-state index contributed by atoms with van der Waals surface area (Å²) in [7, 11) is -0.760. The molecule has 202 valence electrons. The van der Waals surface area contributed by atoms with Crippen LogP contribution in [0.5, 0.6) is 11.5 Å². The van der Waals surface area contributed by atoms with E-state index in [1.54, 1.807) is 35.6 Å². The molecule has 2 aromatic heterocycles. The minimum atomic E-state index is -3.74. The molecule has 0 bridgehead atoms. The molecule has 1 atom stereocenters. The molecule has 1 saturated heterocycles. The van der Waals surface area contributed by atoms with E-state index in [1.165, 1.54) is 22.7 Å². The summed E-state index contributed by atoms with van der Waals surface area (Å²) in [6, 6.07) is 6.71. The molecule has 1 N–H and O–H groups in total. The van der Waals surface area contributed by atoms with Crippen LogP contribution in [-0.4, -0.2) is 95.4 Å². The van der Waals surface area contributed by atoms with Crippen LogP contribution in [0.15, 0.2) is 49.2 Å². The molecular formula is C24H30N8O5S. The van der Waals surface area contributed by atoms with Crippen molar-refractivity contribution in [2.45, 2.75) is 19.0 Å². The van der Waals surface area contributed by atoms with Gasteiger partial charge >= 0.3 is 0 Å². The number of piperazine rings is 1. The fourth-order valence-electron chi connectivity index (χ4n) is 4.43. The average Bonchev–Trinajstić information content (AvgIpc) is 3.47. The number of ether oxygens (including phenoxy) is 2. The van der Waals surface area contributed by atoms with Gasteiger partial charge in [0.2, 0.25) is 11.9 Å². The molecular weight excluding hydrogens is 512 g/mol. The van der Waals surface area contributed by atoms with Crippen LogP contribution in [0.25, 0.3) is 5.95 Å². The van der Waals surface area contributed by atoms with E-state index in [2.05, 4.69) is 20.3 Å². The molecule has 1 amide bonds. The molecule has 0 spiro atoms.